The van der Waals surface area contributed by atoms with Gasteiger partial charge in [-0.2, -0.15) is 0 Å². The van der Waals surface area contributed by atoms with Crippen LogP contribution in [-0.2, 0) is 0 Å². The van der Waals surface area contributed by atoms with E-state index in [-0.39, 0.29) is 5.43 Å². The molecule has 3 N–H and O–H groups in total. The van der Waals surface area contributed by atoms with E-state index in [1.165, 1.54) is 18.4 Å². The predicted molar refractivity (Wildman–Crippen MR) is 89.3 cm³/mol. The molecule has 1 aromatic carbocycles. The van der Waals surface area contributed by atoms with Gasteiger partial charge in [0.1, 0.15) is 0 Å². The fourth-order valence-electron chi connectivity index (χ4n) is 3.23. The van der Waals surface area contributed by atoms with Crippen molar-refractivity contribution >= 4 is 22.2 Å². The molecule has 3 nitrogen and oxygen atoms in total. The summed E-state index contributed by atoms with van der Waals surface area (Å²) in [5, 5.41) is 0.631. The lowest BCUT2D eigenvalue weighted by Crippen LogP contribution is -2.11. The number of hydrogen-bond donors (Lipinski definition) is 2. The minimum Gasteiger partial charge on any atom is -0.398 e. The van der Waals surface area contributed by atoms with Crippen molar-refractivity contribution in [3.63, 3.8) is 0 Å². The van der Waals surface area contributed by atoms with E-state index < -0.39 is 0 Å². The van der Waals surface area contributed by atoms with Gasteiger partial charge in [0.15, 0.2) is 5.43 Å². The summed E-state index contributed by atoms with van der Waals surface area (Å²) in [6.07, 6.45) is 8.79. The van der Waals surface area contributed by atoms with E-state index in [1.54, 1.807) is 6.20 Å². The van der Waals surface area contributed by atoms with Crippen LogP contribution in [0.25, 0.3) is 16.5 Å². The van der Waals surface area contributed by atoms with E-state index in [0.29, 0.717) is 16.6 Å². The van der Waals surface area contributed by atoms with Crippen LogP contribution in [0.2, 0.25) is 0 Å². The number of anilines is 1. The number of nitrogens with two attached hydrogens (primary N) is 1. The van der Waals surface area contributed by atoms with Gasteiger partial charge in [-0.1, -0.05) is 25.5 Å². The first-order chi connectivity index (χ1) is 10.1. The van der Waals surface area contributed by atoms with Crippen molar-refractivity contribution in [2.75, 3.05) is 5.73 Å². The summed E-state index contributed by atoms with van der Waals surface area (Å²) in [6, 6.07) is 3.90. The summed E-state index contributed by atoms with van der Waals surface area (Å²) in [6.45, 7) is 4.07. The molecule has 0 spiro atoms. The topological polar surface area (TPSA) is 58.9 Å². The van der Waals surface area contributed by atoms with Crippen molar-refractivity contribution in [1.29, 1.82) is 0 Å². The van der Waals surface area contributed by atoms with Crippen molar-refractivity contribution in [3.05, 3.63) is 45.8 Å². The molecule has 0 aliphatic heterocycles. The Hall–Kier alpha value is -2.03. The van der Waals surface area contributed by atoms with Crippen LogP contribution in [0.1, 0.15) is 43.7 Å². The van der Waals surface area contributed by atoms with E-state index in [1.807, 2.05) is 19.1 Å². The zero-order chi connectivity index (χ0) is 15.0. The third-order valence-electron chi connectivity index (χ3n) is 4.70. The molecule has 21 heavy (non-hydrogen) atoms. The number of allylic oxidation sites excluding steroid dienone is 2. The monoisotopic (exact) mass is 282 g/mol. The molecule has 110 valence electrons. The highest BCUT2D eigenvalue weighted by Crippen LogP contribution is 2.35. The van der Waals surface area contributed by atoms with Crippen LogP contribution in [-0.4, -0.2) is 4.98 Å². The molecule has 3 heteroatoms. The van der Waals surface area contributed by atoms with Crippen LogP contribution >= 0.6 is 0 Å². The lowest BCUT2D eigenvalue weighted by Gasteiger charge is -2.21. The summed E-state index contributed by atoms with van der Waals surface area (Å²) in [5.41, 5.74) is 10.7. The minimum atomic E-state index is 0.0333. The fraction of sp³-hybridized carbons (Fsp3) is 0.389. The molecule has 1 unspecified atom stereocenters. The minimum absolute atomic E-state index is 0.0333. The van der Waals surface area contributed by atoms with Gasteiger partial charge in [0.2, 0.25) is 0 Å². The van der Waals surface area contributed by atoms with Gasteiger partial charge < -0.3 is 10.7 Å². The van der Waals surface area contributed by atoms with Crippen molar-refractivity contribution in [3.8, 4) is 0 Å². The first-order valence-corrected chi connectivity index (χ1v) is 7.71. The van der Waals surface area contributed by atoms with Crippen LogP contribution in [0.4, 0.5) is 5.69 Å². The molecule has 1 aliphatic rings. The molecule has 1 aliphatic carbocycles. The zero-order valence-corrected chi connectivity index (χ0v) is 12.7. The molecule has 1 aromatic heterocycles. The molecule has 0 saturated carbocycles. The molecule has 1 atom stereocenters. The Kier molecular flexibility index (Phi) is 3.58. The van der Waals surface area contributed by atoms with E-state index >= 15 is 0 Å². The molecule has 3 rings (SSSR count). The number of nitrogens with one attached hydrogen (secondary N) is 1. The van der Waals surface area contributed by atoms with Gasteiger partial charge in [-0.3, -0.25) is 4.79 Å². The van der Waals surface area contributed by atoms with Crippen molar-refractivity contribution in [1.82, 2.24) is 4.98 Å². The Morgan fingerprint density at radius 1 is 1.38 bits per heavy atom. The van der Waals surface area contributed by atoms with Crippen molar-refractivity contribution in [2.24, 2.45) is 5.92 Å². The fourth-order valence-corrected chi connectivity index (χ4v) is 3.23. The first-order valence-electron chi connectivity index (χ1n) is 7.71. The van der Waals surface area contributed by atoms with Crippen LogP contribution < -0.4 is 11.2 Å². The second kappa shape index (κ2) is 5.40. The molecule has 0 radical (unpaired) electrons. The Balaban J connectivity index is 2.17. The zero-order valence-electron chi connectivity index (χ0n) is 12.7. The highest BCUT2D eigenvalue weighted by Gasteiger charge is 2.17. The summed E-state index contributed by atoms with van der Waals surface area (Å²) >= 11 is 0. The SMILES string of the molecule is CCC1CC=C(c2ccc(N)c3c(=O)c(C)c[nH]c23)CC1. The van der Waals surface area contributed by atoms with Gasteiger partial charge in [-0.15, -0.1) is 0 Å². The number of aromatic amines is 1. The lowest BCUT2D eigenvalue weighted by atomic mass is 9.84. The molecular weight excluding hydrogens is 260 g/mol. The van der Waals surface area contributed by atoms with E-state index in [9.17, 15) is 4.79 Å². The van der Waals surface area contributed by atoms with Gasteiger partial charge in [0, 0.05) is 23.0 Å². The third-order valence-corrected chi connectivity index (χ3v) is 4.70. The van der Waals surface area contributed by atoms with Crippen molar-refractivity contribution in [2.45, 2.75) is 39.5 Å². The van der Waals surface area contributed by atoms with Gasteiger partial charge in [-0.05, 0) is 43.7 Å². The molecule has 1 heterocycles. The van der Waals surface area contributed by atoms with E-state index in [2.05, 4.69) is 18.0 Å². The number of fused-ring (bicyclic) bond motifs is 1. The number of benzene rings is 1. The summed E-state index contributed by atoms with van der Waals surface area (Å²) in [5.74, 6) is 0.801. The maximum Gasteiger partial charge on any atom is 0.194 e. The number of pyridine rings is 1. The van der Waals surface area contributed by atoms with Crippen LogP contribution in [0, 0.1) is 12.8 Å². The number of nitrogen functional groups attached to an aromatic ring is 1. The number of aryl methyl sites for hydroxylation is 1. The van der Waals surface area contributed by atoms with E-state index in [0.717, 1.165) is 29.8 Å². The first kappa shape index (κ1) is 13.9. The van der Waals surface area contributed by atoms with Crippen molar-refractivity contribution < 1.29 is 0 Å². The number of H-pyrrole nitrogens is 1. The Morgan fingerprint density at radius 3 is 2.86 bits per heavy atom. The molecule has 0 amide bonds. The van der Waals surface area contributed by atoms with E-state index in [4.69, 9.17) is 5.73 Å². The molecular formula is C18H22N2O. The maximum absolute atomic E-state index is 12.4. The second-order valence-electron chi connectivity index (χ2n) is 6.03. The Morgan fingerprint density at radius 2 is 2.19 bits per heavy atom. The summed E-state index contributed by atoms with van der Waals surface area (Å²) in [7, 11) is 0. The highest BCUT2D eigenvalue weighted by atomic mass is 16.1. The standard InChI is InChI=1S/C18H22N2O/c1-3-12-4-6-13(7-5-12)14-8-9-15(19)16-17(14)20-10-11(2)18(16)21/h6,8-10,12H,3-5,7,19H2,1-2H3,(H,20,21). The van der Waals surface area contributed by atoms with Gasteiger partial charge in [-0.25, -0.2) is 0 Å². The average Bonchev–Trinajstić information content (AvgIpc) is 2.51. The second-order valence-corrected chi connectivity index (χ2v) is 6.03. The van der Waals surface area contributed by atoms with Gasteiger partial charge in [0.05, 0.1) is 10.9 Å². The highest BCUT2D eigenvalue weighted by molar-refractivity contribution is 5.98. The molecule has 0 fully saturated rings. The predicted octanol–water partition coefficient (Wildman–Crippen LogP) is 4.01. The number of rotatable bonds is 2. The molecule has 0 bridgehead atoms. The van der Waals surface area contributed by atoms with Crippen LogP contribution in [0.15, 0.2) is 29.2 Å². The summed E-state index contributed by atoms with van der Waals surface area (Å²) < 4.78 is 0. The van der Waals surface area contributed by atoms with Gasteiger partial charge in [0.25, 0.3) is 0 Å². The number of hydrogen-bond acceptors (Lipinski definition) is 2. The van der Waals surface area contributed by atoms with Crippen LogP contribution in [0.3, 0.4) is 0 Å². The quantitative estimate of drug-likeness (QED) is 0.817. The normalized spacial score (nSPS) is 18.8. The largest absolute Gasteiger partial charge is 0.398 e. The molecule has 2 aromatic rings. The molecule has 0 saturated heterocycles. The third kappa shape index (κ3) is 2.37. The maximum atomic E-state index is 12.4. The average molecular weight is 282 g/mol. The lowest BCUT2D eigenvalue weighted by molar-refractivity contribution is 0.471. The Bertz CT molecular complexity index is 771. The Labute approximate surface area is 124 Å². The summed E-state index contributed by atoms with van der Waals surface area (Å²) in [4.78, 5) is 15.6. The van der Waals surface area contributed by atoms with Crippen LogP contribution in [0.5, 0.6) is 0 Å². The number of aromatic nitrogens is 1. The smallest absolute Gasteiger partial charge is 0.194 e. The van der Waals surface area contributed by atoms with Gasteiger partial charge >= 0.3 is 0 Å².